The van der Waals surface area contributed by atoms with E-state index in [9.17, 15) is 14.0 Å². The lowest BCUT2D eigenvalue weighted by molar-refractivity contribution is 0.102. The molecule has 0 saturated carbocycles. The Balaban J connectivity index is 1.93. The van der Waals surface area contributed by atoms with E-state index in [2.05, 4.69) is 5.32 Å². The molecule has 0 bridgehead atoms. The van der Waals surface area contributed by atoms with Gasteiger partial charge in [0.25, 0.3) is 11.5 Å². The fraction of sp³-hybridized carbons (Fsp3) is 0.238. The van der Waals surface area contributed by atoms with Gasteiger partial charge >= 0.3 is 0 Å². The summed E-state index contributed by atoms with van der Waals surface area (Å²) in [5.41, 5.74) is 1.23. The van der Waals surface area contributed by atoms with Crippen LogP contribution < -0.4 is 10.9 Å². The second-order valence-corrected chi connectivity index (χ2v) is 6.80. The zero-order valence-electron chi connectivity index (χ0n) is 15.6. The Morgan fingerprint density at radius 3 is 2.63 bits per heavy atom. The molecule has 3 aromatic rings. The van der Waals surface area contributed by atoms with Gasteiger partial charge in [0.05, 0.1) is 0 Å². The Hall–Kier alpha value is -2.99. The van der Waals surface area contributed by atoms with Crippen molar-refractivity contribution in [2.75, 3.05) is 26.0 Å². The molecule has 5 nitrogen and oxygen atoms in total. The fourth-order valence-electron chi connectivity index (χ4n) is 2.89. The first-order chi connectivity index (χ1) is 12.9. The van der Waals surface area contributed by atoms with Gasteiger partial charge in [-0.05, 0) is 63.0 Å². The van der Waals surface area contributed by atoms with Gasteiger partial charge in [-0.1, -0.05) is 6.07 Å². The minimum Gasteiger partial charge on any atom is -0.321 e. The smallest absolute Gasteiger partial charge is 0.258 e. The number of aryl methyl sites for hydroxylation is 1. The number of carbonyl (C=O) groups excluding carboxylic acids is 1. The Morgan fingerprint density at radius 1 is 1.15 bits per heavy atom. The maximum absolute atomic E-state index is 13.4. The summed E-state index contributed by atoms with van der Waals surface area (Å²) < 4.78 is 15.1. The van der Waals surface area contributed by atoms with Crippen molar-refractivity contribution < 1.29 is 9.18 Å². The van der Waals surface area contributed by atoms with Crippen LogP contribution in [0.5, 0.6) is 0 Å². The van der Waals surface area contributed by atoms with Gasteiger partial charge in [-0.2, -0.15) is 0 Å². The van der Waals surface area contributed by atoms with Crippen LogP contribution in [0.2, 0.25) is 0 Å². The number of likely N-dealkylation sites (N-methyl/N-ethyl adjacent to an activating group) is 1. The molecular formula is C21H22FN3O2. The highest BCUT2D eigenvalue weighted by molar-refractivity contribution is 6.09. The summed E-state index contributed by atoms with van der Waals surface area (Å²) >= 11 is 0. The number of nitrogens with zero attached hydrogens (tertiary/aromatic N) is 2. The van der Waals surface area contributed by atoms with E-state index in [0.29, 0.717) is 34.1 Å². The summed E-state index contributed by atoms with van der Waals surface area (Å²) in [6, 6.07) is 11.3. The monoisotopic (exact) mass is 367 g/mol. The van der Waals surface area contributed by atoms with E-state index >= 15 is 0 Å². The number of nitrogens with one attached hydrogen (secondary N) is 1. The number of fused-ring (bicyclic) bond motifs is 1. The summed E-state index contributed by atoms with van der Waals surface area (Å²) in [5.74, 6) is -0.697. The SMILES string of the molecule is Cc1cc(C(=O)Nc2cccc3c(=O)n(CCN(C)C)ccc23)ccc1F. The van der Waals surface area contributed by atoms with Crippen LogP contribution in [0.25, 0.3) is 10.8 Å². The molecule has 0 aliphatic carbocycles. The fourth-order valence-corrected chi connectivity index (χ4v) is 2.89. The van der Waals surface area contributed by atoms with Crippen molar-refractivity contribution in [3.05, 3.63) is 76.0 Å². The molecule has 6 heteroatoms. The van der Waals surface area contributed by atoms with Gasteiger partial charge in [0.1, 0.15) is 5.82 Å². The van der Waals surface area contributed by atoms with E-state index in [-0.39, 0.29) is 17.3 Å². The summed E-state index contributed by atoms with van der Waals surface area (Å²) in [6.45, 7) is 2.96. The van der Waals surface area contributed by atoms with Gasteiger partial charge in [-0.25, -0.2) is 4.39 Å². The molecule has 3 rings (SSSR count). The molecule has 0 aliphatic heterocycles. The first-order valence-corrected chi connectivity index (χ1v) is 8.71. The van der Waals surface area contributed by atoms with Crippen LogP contribution in [0.15, 0.2) is 53.5 Å². The lowest BCUT2D eigenvalue weighted by Gasteiger charge is -2.13. The van der Waals surface area contributed by atoms with Crippen LogP contribution in [-0.2, 0) is 6.54 Å². The second kappa shape index (κ2) is 7.72. The van der Waals surface area contributed by atoms with Crippen molar-refractivity contribution in [1.82, 2.24) is 9.47 Å². The summed E-state index contributed by atoms with van der Waals surface area (Å²) in [5, 5.41) is 4.05. The number of carbonyl (C=O) groups is 1. The van der Waals surface area contributed by atoms with Gasteiger partial charge in [-0.15, -0.1) is 0 Å². The number of amides is 1. The van der Waals surface area contributed by atoms with E-state index in [1.54, 1.807) is 35.9 Å². The van der Waals surface area contributed by atoms with E-state index < -0.39 is 0 Å². The molecule has 1 aromatic heterocycles. The summed E-state index contributed by atoms with van der Waals surface area (Å²) in [4.78, 5) is 27.3. The van der Waals surface area contributed by atoms with Crippen LogP contribution in [-0.4, -0.2) is 36.0 Å². The predicted octanol–water partition coefficient (Wildman–Crippen LogP) is 3.26. The largest absolute Gasteiger partial charge is 0.321 e. The van der Waals surface area contributed by atoms with Crippen LogP contribution in [0.3, 0.4) is 0 Å². The summed E-state index contributed by atoms with van der Waals surface area (Å²) in [7, 11) is 3.91. The van der Waals surface area contributed by atoms with Gasteiger partial charge in [-0.3, -0.25) is 9.59 Å². The summed E-state index contributed by atoms with van der Waals surface area (Å²) in [6.07, 6.45) is 1.74. The Morgan fingerprint density at radius 2 is 1.93 bits per heavy atom. The number of rotatable bonds is 5. The Bertz CT molecular complexity index is 1060. The maximum atomic E-state index is 13.4. The first kappa shape index (κ1) is 18.8. The molecule has 0 aliphatic rings. The maximum Gasteiger partial charge on any atom is 0.258 e. The molecule has 0 radical (unpaired) electrons. The molecule has 0 saturated heterocycles. The first-order valence-electron chi connectivity index (χ1n) is 8.71. The average molecular weight is 367 g/mol. The molecule has 1 amide bonds. The third-order valence-electron chi connectivity index (χ3n) is 4.47. The molecular weight excluding hydrogens is 345 g/mol. The minimum absolute atomic E-state index is 0.0944. The molecule has 0 atom stereocenters. The normalized spacial score (nSPS) is 11.1. The van der Waals surface area contributed by atoms with Crippen molar-refractivity contribution in [2.24, 2.45) is 0 Å². The lowest BCUT2D eigenvalue weighted by Crippen LogP contribution is -2.26. The number of pyridine rings is 1. The van der Waals surface area contributed by atoms with Gasteiger partial charge in [0.15, 0.2) is 0 Å². The highest BCUT2D eigenvalue weighted by Gasteiger charge is 2.12. The number of benzene rings is 2. The molecule has 0 unspecified atom stereocenters. The number of halogens is 1. The molecule has 27 heavy (non-hydrogen) atoms. The van der Waals surface area contributed by atoms with Crippen molar-refractivity contribution in [3.63, 3.8) is 0 Å². The van der Waals surface area contributed by atoms with Gasteiger partial charge < -0.3 is 14.8 Å². The third kappa shape index (κ3) is 4.06. The van der Waals surface area contributed by atoms with E-state index in [0.717, 1.165) is 6.54 Å². The Kier molecular flexibility index (Phi) is 5.37. The van der Waals surface area contributed by atoms with Gasteiger partial charge in [0.2, 0.25) is 0 Å². The minimum atomic E-state index is -0.352. The van der Waals surface area contributed by atoms with Crippen molar-refractivity contribution in [2.45, 2.75) is 13.5 Å². The zero-order valence-corrected chi connectivity index (χ0v) is 15.6. The lowest BCUT2D eigenvalue weighted by atomic mass is 10.1. The molecule has 1 heterocycles. The molecule has 2 aromatic carbocycles. The zero-order chi connectivity index (χ0) is 19.6. The highest BCUT2D eigenvalue weighted by Crippen LogP contribution is 2.22. The molecule has 140 valence electrons. The highest BCUT2D eigenvalue weighted by atomic mass is 19.1. The molecule has 0 fully saturated rings. The number of hydrogen-bond donors (Lipinski definition) is 1. The van der Waals surface area contributed by atoms with Crippen molar-refractivity contribution >= 4 is 22.4 Å². The third-order valence-corrected chi connectivity index (χ3v) is 4.47. The van der Waals surface area contributed by atoms with Crippen molar-refractivity contribution in [3.8, 4) is 0 Å². The van der Waals surface area contributed by atoms with E-state index in [1.165, 1.54) is 18.2 Å². The number of anilines is 1. The van der Waals surface area contributed by atoms with Crippen LogP contribution in [0, 0.1) is 12.7 Å². The molecule has 1 N–H and O–H groups in total. The van der Waals surface area contributed by atoms with Crippen LogP contribution in [0.1, 0.15) is 15.9 Å². The number of aromatic nitrogens is 1. The second-order valence-electron chi connectivity index (χ2n) is 6.80. The van der Waals surface area contributed by atoms with Gasteiger partial charge in [0, 0.05) is 41.3 Å². The average Bonchev–Trinajstić information content (AvgIpc) is 2.63. The van der Waals surface area contributed by atoms with Crippen molar-refractivity contribution in [1.29, 1.82) is 0 Å². The van der Waals surface area contributed by atoms with Crippen LogP contribution >= 0.6 is 0 Å². The topological polar surface area (TPSA) is 54.3 Å². The predicted molar refractivity (Wildman–Crippen MR) is 106 cm³/mol. The Labute approximate surface area is 157 Å². The quantitative estimate of drug-likeness (QED) is 0.753. The van der Waals surface area contributed by atoms with E-state index in [4.69, 9.17) is 0 Å². The number of hydrogen-bond acceptors (Lipinski definition) is 3. The van der Waals surface area contributed by atoms with E-state index in [1.807, 2.05) is 25.1 Å². The standard InChI is InChI=1S/C21H22FN3O2/c1-14-13-15(7-8-18(14)22)20(26)23-19-6-4-5-17-16(19)9-10-25(21(17)27)12-11-24(2)3/h4-10,13H,11-12H2,1-3H3,(H,23,26). The van der Waals surface area contributed by atoms with Crippen LogP contribution in [0.4, 0.5) is 10.1 Å². The molecule has 0 spiro atoms.